The van der Waals surface area contributed by atoms with Gasteiger partial charge in [0.15, 0.2) is 17.3 Å². The van der Waals surface area contributed by atoms with Gasteiger partial charge in [-0.3, -0.25) is 0 Å². The van der Waals surface area contributed by atoms with Gasteiger partial charge in [-0.1, -0.05) is 48.0 Å². The van der Waals surface area contributed by atoms with Crippen molar-refractivity contribution in [3.05, 3.63) is 82.8 Å². The molecule has 29 heavy (non-hydrogen) atoms. The smallest absolute Gasteiger partial charge is 0.357 e. The fourth-order valence-electron chi connectivity index (χ4n) is 3.10. The number of H-pyrrole nitrogens is 1. The van der Waals surface area contributed by atoms with Crippen LogP contribution in [0, 0.1) is 11.6 Å². The lowest BCUT2D eigenvalue weighted by Gasteiger charge is -2.13. The zero-order chi connectivity index (χ0) is 20.5. The van der Waals surface area contributed by atoms with Gasteiger partial charge in [0.05, 0.1) is 21.8 Å². The van der Waals surface area contributed by atoms with Gasteiger partial charge in [-0.15, -0.1) is 0 Å². The van der Waals surface area contributed by atoms with Crippen LogP contribution in [0.15, 0.2) is 54.9 Å². The van der Waals surface area contributed by atoms with Crippen LogP contribution < -0.4 is 5.73 Å². The van der Waals surface area contributed by atoms with Gasteiger partial charge in [-0.25, -0.2) is 18.6 Å². The predicted octanol–water partition coefficient (Wildman–Crippen LogP) is 5.10. The molecule has 0 spiro atoms. The Balaban J connectivity index is 1.78. The highest BCUT2D eigenvalue weighted by atomic mass is 35.5. The number of nitrogens with zero attached hydrogens (tertiary/aromatic N) is 1. The average Bonchev–Trinajstić information content (AvgIpc) is 3.13. The van der Waals surface area contributed by atoms with Crippen LogP contribution in [-0.4, -0.2) is 15.9 Å². The van der Waals surface area contributed by atoms with Crippen molar-refractivity contribution < 1.29 is 18.3 Å². The summed E-state index contributed by atoms with van der Waals surface area (Å²) in [5.41, 5.74) is 5.46. The zero-order valence-electron chi connectivity index (χ0n) is 14.9. The third-order valence-corrected chi connectivity index (χ3v) is 4.78. The summed E-state index contributed by atoms with van der Waals surface area (Å²) in [6.45, 7) is -0.00589. The number of aromatic nitrogens is 2. The van der Waals surface area contributed by atoms with E-state index < -0.39 is 23.2 Å². The lowest BCUT2D eigenvalue weighted by molar-refractivity contribution is 0.0466. The number of nitrogens with one attached hydrogen (secondary N) is 1. The standard InChI is InChI=1S/C21H14ClF2N3O2/c22-13-9-27-20-15(13)18(25)16(23)14(17(20)24)12-7-4-8-26-19(12)21(28)29-10-11-5-2-1-3-6-11/h1-9,27H,10,25H2. The van der Waals surface area contributed by atoms with Gasteiger partial charge in [-0.05, 0) is 11.6 Å². The van der Waals surface area contributed by atoms with Gasteiger partial charge in [0.1, 0.15) is 6.61 Å². The second kappa shape index (κ2) is 7.52. The molecule has 0 aliphatic carbocycles. The van der Waals surface area contributed by atoms with Crippen molar-refractivity contribution in [1.29, 1.82) is 0 Å². The van der Waals surface area contributed by atoms with Crippen molar-refractivity contribution in [3.63, 3.8) is 0 Å². The van der Waals surface area contributed by atoms with E-state index in [4.69, 9.17) is 22.1 Å². The van der Waals surface area contributed by atoms with Crippen LogP contribution in [0.4, 0.5) is 14.5 Å². The van der Waals surface area contributed by atoms with Crippen LogP contribution >= 0.6 is 11.6 Å². The Bertz CT molecular complexity index is 1230. The molecule has 0 saturated heterocycles. The molecule has 0 bridgehead atoms. The molecule has 4 rings (SSSR count). The first-order valence-corrected chi connectivity index (χ1v) is 8.96. The van der Waals surface area contributed by atoms with Crippen LogP contribution in [0.3, 0.4) is 0 Å². The van der Waals surface area contributed by atoms with Crippen molar-refractivity contribution in [2.45, 2.75) is 6.61 Å². The number of hydrogen-bond donors (Lipinski definition) is 2. The third kappa shape index (κ3) is 3.30. The number of fused-ring (bicyclic) bond motifs is 1. The number of aromatic amines is 1. The van der Waals surface area contributed by atoms with Gasteiger partial charge >= 0.3 is 5.97 Å². The average molecular weight is 414 g/mol. The van der Waals surface area contributed by atoms with Crippen LogP contribution in [0.1, 0.15) is 16.1 Å². The van der Waals surface area contributed by atoms with E-state index >= 15 is 8.78 Å². The van der Waals surface area contributed by atoms with Gasteiger partial charge in [0.2, 0.25) is 0 Å². The molecule has 2 aromatic heterocycles. The maximum Gasteiger partial charge on any atom is 0.357 e. The molecule has 146 valence electrons. The van der Waals surface area contributed by atoms with Crippen LogP contribution in [-0.2, 0) is 11.3 Å². The van der Waals surface area contributed by atoms with E-state index in [0.29, 0.717) is 0 Å². The molecule has 0 aliphatic heterocycles. The quantitative estimate of drug-likeness (QED) is 0.360. The summed E-state index contributed by atoms with van der Waals surface area (Å²) in [5.74, 6) is -2.77. The molecular weight excluding hydrogens is 400 g/mol. The molecule has 4 aromatic rings. The minimum Gasteiger partial charge on any atom is -0.456 e. The van der Waals surface area contributed by atoms with Gasteiger partial charge in [0, 0.05) is 23.3 Å². The highest BCUT2D eigenvalue weighted by Crippen LogP contribution is 2.40. The van der Waals surface area contributed by atoms with E-state index in [9.17, 15) is 4.79 Å². The fraction of sp³-hybridized carbons (Fsp3) is 0.0476. The third-order valence-electron chi connectivity index (χ3n) is 4.48. The molecule has 0 aliphatic rings. The van der Waals surface area contributed by atoms with E-state index in [0.717, 1.165) is 5.56 Å². The number of carbonyl (C=O) groups is 1. The topological polar surface area (TPSA) is 81.0 Å². The SMILES string of the molecule is Nc1c(F)c(-c2cccnc2C(=O)OCc2ccccc2)c(F)c2[nH]cc(Cl)c12. The molecule has 0 unspecified atom stereocenters. The number of esters is 1. The molecule has 3 N–H and O–H groups in total. The van der Waals surface area contributed by atoms with Gasteiger partial charge < -0.3 is 15.5 Å². The molecule has 2 aromatic carbocycles. The number of benzene rings is 2. The summed E-state index contributed by atoms with van der Waals surface area (Å²) < 4.78 is 35.4. The second-order valence-electron chi connectivity index (χ2n) is 6.26. The Morgan fingerprint density at radius 3 is 2.66 bits per heavy atom. The molecule has 0 saturated carbocycles. The van der Waals surface area contributed by atoms with E-state index in [-0.39, 0.29) is 39.5 Å². The number of anilines is 1. The van der Waals surface area contributed by atoms with E-state index in [1.54, 1.807) is 24.3 Å². The van der Waals surface area contributed by atoms with Crippen molar-refractivity contribution in [3.8, 4) is 11.1 Å². The maximum atomic E-state index is 15.1. The van der Waals surface area contributed by atoms with Crippen molar-refractivity contribution in [1.82, 2.24) is 9.97 Å². The highest BCUT2D eigenvalue weighted by molar-refractivity contribution is 6.36. The zero-order valence-corrected chi connectivity index (χ0v) is 15.6. The number of hydrogen-bond acceptors (Lipinski definition) is 4. The Kier molecular flexibility index (Phi) is 4.90. The fourth-order valence-corrected chi connectivity index (χ4v) is 3.35. The number of carbonyl (C=O) groups excluding carboxylic acids is 1. The molecule has 8 heteroatoms. The molecule has 0 amide bonds. The van der Waals surface area contributed by atoms with Crippen LogP contribution in [0.5, 0.6) is 0 Å². The Morgan fingerprint density at radius 1 is 1.14 bits per heavy atom. The maximum absolute atomic E-state index is 15.1. The number of nitrogens with two attached hydrogens (primary N) is 1. The van der Waals surface area contributed by atoms with Crippen molar-refractivity contribution >= 4 is 34.2 Å². The molecule has 0 fully saturated rings. The van der Waals surface area contributed by atoms with Crippen molar-refractivity contribution in [2.24, 2.45) is 0 Å². The first-order valence-electron chi connectivity index (χ1n) is 8.58. The summed E-state index contributed by atoms with van der Waals surface area (Å²) in [6, 6.07) is 11.9. The largest absolute Gasteiger partial charge is 0.456 e. The summed E-state index contributed by atoms with van der Waals surface area (Å²) in [6.07, 6.45) is 2.65. The van der Waals surface area contributed by atoms with E-state index in [2.05, 4.69) is 9.97 Å². The molecular formula is C21H14ClF2N3O2. The Labute approximate surface area is 169 Å². The lowest BCUT2D eigenvalue weighted by atomic mass is 9.99. The normalized spacial score (nSPS) is 11.0. The molecule has 0 radical (unpaired) electrons. The number of nitrogen functional groups attached to an aromatic ring is 1. The van der Waals surface area contributed by atoms with Crippen molar-refractivity contribution in [2.75, 3.05) is 5.73 Å². The number of rotatable bonds is 4. The van der Waals surface area contributed by atoms with E-state index in [1.807, 2.05) is 6.07 Å². The Hall–Kier alpha value is -3.45. The molecule has 0 atom stereocenters. The number of pyridine rings is 1. The highest BCUT2D eigenvalue weighted by Gasteiger charge is 2.26. The minimum absolute atomic E-state index is 0.00589. The van der Waals surface area contributed by atoms with Gasteiger partial charge in [-0.2, -0.15) is 0 Å². The molecule has 2 heterocycles. The Morgan fingerprint density at radius 2 is 1.90 bits per heavy atom. The number of ether oxygens (including phenoxy) is 1. The predicted molar refractivity (Wildman–Crippen MR) is 106 cm³/mol. The summed E-state index contributed by atoms with van der Waals surface area (Å²) in [4.78, 5) is 19.2. The number of halogens is 3. The molecule has 5 nitrogen and oxygen atoms in total. The summed E-state index contributed by atoms with van der Waals surface area (Å²) >= 11 is 5.97. The van der Waals surface area contributed by atoms with Crippen LogP contribution in [0.2, 0.25) is 5.02 Å². The first-order chi connectivity index (χ1) is 14.0. The summed E-state index contributed by atoms with van der Waals surface area (Å²) in [5, 5.41) is 0.137. The first kappa shape index (κ1) is 18.9. The summed E-state index contributed by atoms with van der Waals surface area (Å²) in [7, 11) is 0. The van der Waals surface area contributed by atoms with Crippen LogP contribution in [0.25, 0.3) is 22.0 Å². The monoisotopic (exact) mass is 413 g/mol. The van der Waals surface area contributed by atoms with E-state index in [1.165, 1.54) is 24.5 Å². The minimum atomic E-state index is -1.03. The second-order valence-corrected chi connectivity index (χ2v) is 6.67. The van der Waals surface area contributed by atoms with Gasteiger partial charge in [0.25, 0.3) is 0 Å². The lowest BCUT2D eigenvalue weighted by Crippen LogP contribution is -2.10.